The third-order valence-electron chi connectivity index (χ3n) is 2.89. The number of aromatic amines is 1. The summed E-state index contributed by atoms with van der Waals surface area (Å²) in [4.78, 5) is 0.795. The van der Waals surface area contributed by atoms with Crippen LogP contribution in [0.5, 0.6) is 0 Å². The largest absolute Gasteiger partial charge is 0.431 e. The minimum Gasteiger partial charge on any atom is -0.357 e. The number of hydrogen-bond acceptors (Lipinski definition) is 3. The van der Waals surface area contributed by atoms with Gasteiger partial charge in [0.1, 0.15) is 16.7 Å². The number of rotatable bonds is 3. The Morgan fingerprint density at radius 2 is 1.92 bits per heavy atom. The summed E-state index contributed by atoms with van der Waals surface area (Å²) in [5, 5.41) is 9.02. The summed E-state index contributed by atoms with van der Waals surface area (Å²) in [5.74, 6) is 0. The third kappa shape index (κ3) is 3.75. The lowest BCUT2D eigenvalue weighted by molar-refractivity contribution is -0.140. The van der Waals surface area contributed by atoms with Gasteiger partial charge in [0.2, 0.25) is 9.84 Å². The van der Waals surface area contributed by atoms with E-state index >= 15 is 0 Å². The van der Waals surface area contributed by atoms with Gasteiger partial charge in [-0.25, -0.2) is 8.42 Å². The zero-order chi connectivity index (χ0) is 18.1. The highest BCUT2D eigenvalue weighted by Gasteiger charge is 2.32. The number of halogens is 5. The monoisotopic (exact) mass is 394 g/mol. The fourth-order valence-corrected chi connectivity index (χ4v) is 3.70. The van der Waals surface area contributed by atoms with Crippen LogP contribution < -0.4 is 0 Å². The lowest BCUT2D eigenvalue weighted by Gasteiger charge is -2.05. The summed E-state index contributed by atoms with van der Waals surface area (Å²) in [6, 6.07) is 5.81. The standard InChI is InChI=1S/C14H7Cl2F3N2O2S/c15-9-1-2-11(16)12(5-9)24(22,23)10(6-20)3-8-4-13(21-7-8)14(17,18)19/h1-5,7,21H. The van der Waals surface area contributed by atoms with Crippen LogP contribution in [0.3, 0.4) is 0 Å². The van der Waals surface area contributed by atoms with Gasteiger partial charge in [0, 0.05) is 11.2 Å². The van der Waals surface area contributed by atoms with Crippen molar-refractivity contribution in [3.05, 3.63) is 56.7 Å². The van der Waals surface area contributed by atoms with Gasteiger partial charge in [0.15, 0.2) is 0 Å². The average molecular weight is 395 g/mol. The number of alkyl halides is 3. The van der Waals surface area contributed by atoms with E-state index in [9.17, 15) is 21.6 Å². The number of H-pyrrole nitrogens is 1. The quantitative estimate of drug-likeness (QED) is 0.768. The SMILES string of the molecule is N#CC(=Cc1c[nH]c(C(F)(F)F)c1)S(=O)(=O)c1cc(Cl)ccc1Cl. The van der Waals surface area contributed by atoms with Crippen LogP contribution in [-0.4, -0.2) is 13.4 Å². The van der Waals surface area contributed by atoms with Crippen molar-refractivity contribution in [3.8, 4) is 6.07 Å². The second-order valence-corrected chi connectivity index (χ2v) is 7.27. The molecular formula is C14H7Cl2F3N2O2S. The fraction of sp³-hybridized carbons (Fsp3) is 0.0714. The van der Waals surface area contributed by atoms with Gasteiger partial charge < -0.3 is 4.98 Å². The second kappa shape index (κ2) is 6.51. The van der Waals surface area contributed by atoms with E-state index in [1.54, 1.807) is 0 Å². The molecule has 24 heavy (non-hydrogen) atoms. The molecule has 126 valence electrons. The lowest BCUT2D eigenvalue weighted by atomic mass is 10.3. The predicted molar refractivity (Wildman–Crippen MR) is 83.0 cm³/mol. The summed E-state index contributed by atoms with van der Waals surface area (Å²) in [5.41, 5.74) is -1.19. The Balaban J connectivity index is 2.53. The van der Waals surface area contributed by atoms with Crippen LogP contribution in [0.15, 0.2) is 40.3 Å². The number of nitrogens with zero attached hydrogens (tertiary/aromatic N) is 1. The summed E-state index contributed by atoms with van der Waals surface area (Å²) >= 11 is 11.5. The van der Waals surface area contributed by atoms with Crippen LogP contribution in [0.4, 0.5) is 13.2 Å². The maximum atomic E-state index is 12.5. The first-order valence-electron chi connectivity index (χ1n) is 6.13. The Bertz CT molecular complexity index is 957. The Morgan fingerprint density at radius 3 is 2.46 bits per heavy atom. The minimum absolute atomic E-state index is 0.0799. The molecule has 2 rings (SSSR count). The molecule has 0 saturated carbocycles. The molecule has 4 nitrogen and oxygen atoms in total. The van der Waals surface area contributed by atoms with Crippen molar-refractivity contribution in [3.63, 3.8) is 0 Å². The Kier molecular flexibility index (Phi) is 4.99. The number of nitriles is 1. The molecule has 1 heterocycles. The topological polar surface area (TPSA) is 73.7 Å². The summed E-state index contributed by atoms with van der Waals surface area (Å²) < 4.78 is 62.6. The van der Waals surface area contributed by atoms with Gasteiger partial charge in [-0.1, -0.05) is 23.2 Å². The Morgan fingerprint density at radius 1 is 1.25 bits per heavy atom. The van der Waals surface area contributed by atoms with Gasteiger partial charge in [-0.2, -0.15) is 18.4 Å². The molecule has 0 aliphatic rings. The Labute approximate surface area is 145 Å². The summed E-state index contributed by atoms with van der Waals surface area (Å²) in [6.45, 7) is 0. The number of benzene rings is 1. The highest BCUT2D eigenvalue weighted by Crippen LogP contribution is 2.32. The molecule has 0 unspecified atom stereocenters. The molecular weight excluding hydrogens is 388 g/mol. The zero-order valence-electron chi connectivity index (χ0n) is 11.5. The van der Waals surface area contributed by atoms with E-state index in [0.717, 1.165) is 18.3 Å². The first kappa shape index (κ1) is 18.4. The first-order chi connectivity index (χ1) is 11.1. The van der Waals surface area contributed by atoms with Crippen LogP contribution >= 0.6 is 23.2 Å². The summed E-state index contributed by atoms with van der Waals surface area (Å²) in [6.07, 6.45) is -2.86. The molecule has 1 N–H and O–H groups in total. The highest BCUT2D eigenvalue weighted by molar-refractivity contribution is 7.95. The number of sulfone groups is 1. The lowest BCUT2D eigenvalue weighted by Crippen LogP contribution is -2.05. The van der Waals surface area contributed by atoms with E-state index in [1.165, 1.54) is 18.2 Å². The van der Waals surface area contributed by atoms with E-state index in [1.807, 2.05) is 4.98 Å². The maximum Gasteiger partial charge on any atom is 0.431 e. The first-order valence-corrected chi connectivity index (χ1v) is 8.37. The van der Waals surface area contributed by atoms with Crippen LogP contribution in [0.25, 0.3) is 6.08 Å². The van der Waals surface area contributed by atoms with Gasteiger partial charge >= 0.3 is 6.18 Å². The van der Waals surface area contributed by atoms with Gasteiger partial charge in [-0.15, -0.1) is 0 Å². The summed E-state index contributed by atoms with van der Waals surface area (Å²) in [7, 11) is -4.34. The molecule has 2 aromatic rings. The number of allylic oxidation sites excluding steroid dienone is 1. The van der Waals surface area contributed by atoms with Crippen molar-refractivity contribution in [1.82, 2.24) is 4.98 Å². The smallest absolute Gasteiger partial charge is 0.357 e. The molecule has 0 atom stereocenters. The molecule has 0 saturated heterocycles. The molecule has 0 spiro atoms. The molecule has 1 aromatic carbocycles. The van der Waals surface area contributed by atoms with Gasteiger partial charge in [-0.3, -0.25) is 0 Å². The second-order valence-electron chi connectivity index (χ2n) is 4.54. The predicted octanol–water partition coefficient (Wildman–Crippen LogP) is 4.68. The zero-order valence-corrected chi connectivity index (χ0v) is 13.9. The van der Waals surface area contributed by atoms with Crippen molar-refractivity contribution in [2.45, 2.75) is 11.1 Å². The number of aromatic nitrogens is 1. The molecule has 0 amide bonds. The highest BCUT2D eigenvalue weighted by atomic mass is 35.5. The van der Waals surface area contributed by atoms with Gasteiger partial charge in [0.05, 0.1) is 9.92 Å². The number of hydrogen-bond donors (Lipinski definition) is 1. The van der Waals surface area contributed by atoms with Crippen LogP contribution in [0.2, 0.25) is 10.0 Å². The molecule has 10 heteroatoms. The van der Waals surface area contributed by atoms with Crippen molar-refractivity contribution in [2.75, 3.05) is 0 Å². The van der Waals surface area contributed by atoms with Crippen molar-refractivity contribution in [1.29, 1.82) is 5.26 Å². The molecule has 0 aliphatic heterocycles. The van der Waals surface area contributed by atoms with Crippen LogP contribution in [0.1, 0.15) is 11.3 Å². The van der Waals surface area contributed by atoms with Crippen molar-refractivity contribution < 1.29 is 21.6 Å². The van der Waals surface area contributed by atoms with Crippen LogP contribution in [-0.2, 0) is 16.0 Å². The van der Waals surface area contributed by atoms with E-state index in [0.29, 0.717) is 6.07 Å². The van der Waals surface area contributed by atoms with E-state index in [2.05, 4.69) is 0 Å². The molecule has 0 aliphatic carbocycles. The van der Waals surface area contributed by atoms with E-state index in [4.69, 9.17) is 28.5 Å². The molecule has 0 bridgehead atoms. The van der Waals surface area contributed by atoms with Crippen LogP contribution in [0, 0.1) is 11.3 Å². The molecule has 1 aromatic heterocycles. The van der Waals surface area contributed by atoms with E-state index in [-0.39, 0.29) is 15.6 Å². The average Bonchev–Trinajstić information content (AvgIpc) is 2.95. The molecule has 0 radical (unpaired) electrons. The number of nitrogens with one attached hydrogen (secondary N) is 1. The normalized spacial score (nSPS) is 12.9. The van der Waals surface area contributed by atoms with E-state index < -0.39 is 31.5 Å². The maximum absolute atomic E-state index is 12.5. The third-order valence-corrected chi connectivity index (χ3v) is 5.27. The van der Waals surface area contributed by atoms with Gasteiger partial charge in [-0.05, 0) is 35.9 Å². The van der Waals surface area contributed by atoms with Gasteiger partial charge in [0.25, 0.3) is 0 Å². The van der Waals surface area contributed by atoms with Crippen molar-refractivity contribution >= 4 is 39.1 Å². The fourth-order valence-electron chi connectivity index (χ4n) is 1.78. The minimum atomic E-state index is -4.62. The Hall–Kier alpha value is -1.95. The molecule has 0 fully saturated rings. The van der Waals surface area contributed by atoms with Crippen molar-refractivity contribution in [2.24, 2.45) is 0 Å².